The molecule has 1 fully saturated rings. The van der Waals surface area contributed by atoms with Gasteiger partial charge in [-0.3, -0.25) is 0 Å². The van der Waals surface area contributed by atoms with E-state index in [0.717, 1.165) is 10.3 Å². The molecule has 94 valence electrons. The minimum atomic E-state index is 0.611. The van der Waals surface area contributed by atoms with Crippen molar-refractivity contribution < 1.29 is 0 Å². The SMILES string of the molecule is CNc1ncc(Br)c(N(C)C2CCCCC2)n1. The molecule has 0 spiro atoms. The topological polar surface area (TPSA) is 41.1 Å². The van der Waals surface area contributed by atoms with Crippen LogP contribution in [0.3, 0.4) is 0 Å². The third kappa shape index (κ3) is 2.89. The van der Waals surface area contributed by atoms with Gasteiger partial charge in [0.05, 0.1) is 4.47 Å². The van der Waals surface area contributed by atoms with E-state index < -0.39 is 0 Å². The highest BCUT2D eigenvalue weighted by atomic mass is 79.9. The van der Waals surface area contributed by atoms with Gasteiger partial charge in [0.1, 0.15) is 5.82 Å². The van der Waals surface area contributed by atoms with Gasteiger partial charge >= 0.3 is 0 Å². The molecule has 1 aromatic rings. The van der Waals surface area contributed by atoms with Crippen molar-refractivity contribution in [1.82, 2.24) is 9.97 Å². The number of hydrogen-bond acceptors (Lipinski definition) is 4. The summed E-state index contributed by atoms with van der Waals surface area (Å²) < 4.78 is 0.963. The molecule has 0 radical (unpaired) electrons. The van der Waals surface area contributed by atoms with Crippen molar-refractivity contribution in [3.8, 4) is 0 Å². The van der Waals surface area contributed by atoms with Gasteiger partial charge in [-0.2, -0.15) is 4.98 Å². The molecule has 1 N–H and O–H groups in total. The van der Waals surface area contributed by atoms with Crippen molar-refractivity contribution in [3.63, 3.8) is 0 Å². The van der Waals surface area contributed by atoms with Crippen LogP contribution >= 0.6 is 15.9 Å². The van der Waals surface area contributed by atoms with Gasteiger partial charge in [0.2, 0.25) is 5.95 Å². The first-order valence-electron chi connectivity index (χ1n) is 6.15. The second-order valence-corrected chi connectivity index (χ2v) is 5.37. The third-order valence-corrected chi connectivity index (χ3v) is 3.97. The van der Waals surface area contributed by atoms with E-state index in [1.54, 1.807) is 0 Å². The molecule has 0 atom stereocenters. The maximum absolute atomic E-state index is 4.52. The molecule has 0 aromatic carbocycles. The summed E-state index contributed by atoms with van der Waals surface area (Å²) >= 11 is 3.53. The smallest absolute Gasteiger partial charge is 0.224 e. The minimum Gasteiger partial charge on any atom is -0.357 e. The van der Waals surface area contributed by atoms with Crippen LogP contribution in [0.15, 0.2) is 10.7 Å². The molecule has 0 bridgehead atoms. The largest absolute Gasteiger partial charge is 0.357 e. The first-order valence-corrected chi connectivity index (χ1v) is 6.95. The summed E-state index contributed by atoms with van der Waals surface area (Å²) in [5, 5.41) is 2.98. The second-order valence-electron chi connectivity index (χ2n) is 4.52. The summed E-state index contributed by atoms with van der Waals surface area (Å²) in [6.07, 6.45) is 8.38. The maximum atomic E-state index is 4.52. The average molecular weight is 299 g/mol. The number of anilines is 2. The average Bonchev–Trinajstić information content (AvgIpc) is 2.39. The fourth-order valence-corrected chi connectivity index (χ4v) is 2.84. The van der Waals surface area contributed by atoms with Gasteiger partial charge in [0.15, 0.2) is 0 Å². The van der Waals surface area contributed by atoms with E-state index in [4.69, 9.17) is 0 Å². The molecule has 1 heterocycles. The molecule has 17 heavy (non-hydrogen) atoms. The van der Waals surface area contributed by atoms with Crippen LogP contribution in [-0.2, 0) is 0 Å². The standard InChI is InChI=1S/C12H19BrN4/c1-14-12-15-8-10(13)11(16-12)17(2)9-6-4-3-5-7-9/h8-9H,3-7H2,1-2H3,(H,14,15,16). The minimum absolute atomic E-state index is 0.611. The van der Waals surface area contributed by atoms with Crippen molar-refractivity contribution in [1.29, 1.82) is 0 Å². The molecule has 1 aliphatic carbocycles. The predicted octanol–water partition coefficient (Wildman–Crippen LogP) is 3.05. The predicted molar refractivity (Wildman–Crippen MR) is 74.6 cm³/mol. The van der Waals surface area contributed by atoms with E-state index in [0.29, 0.717) is 12.0 Å². The Morgan fingerprint density at radius 1 is 1.35 bits per heavy atom. The lowest BCUT2D eigenvalue weighted by atomic mass is 9.94. The summed E-state index contributed by atoms with van der Waals surface area (Å²) in [4.78, 5) is 11.0. The number of nitrogens with one attached hydrogen (secondary N) is 1. The number of aromatic nitrogens is 2. The molecule has 0 aliphatic heterocycles. The zero-order chi connectivity index (χ0) is 12.3. The monoisotopic (exact) mass is 298 g/mol. The Morgan fingerprint density at radius 2 is 2.06 bits per heavy atom. The van der Waals surface area contributed by atoms with Crippen LogP contribution in [0.2, 0.25) is 0 Å². The summed E-state index contributed by atoms with van der Waals surface area (Å²) in [5.41, 5.74) is 0. The van der Waals surface area contributed by atoms with Gasteiger partial charge < -0.3 is 10.2 Å². The van der Waals surface area contributed by atoms with E-state index in [9.17, 15) is 0 Å². The Bertz CT molecular complexity index is 377. The van der Waals surface area contributed by atoms with E-state index in [1.165, 1.54) is 32.1 Å². The first kappa shape index (κ1) is 12.6. The van der Waals surface area contributed by atoms with Gasteiger partial charge in [0, 0.05) is 26.3 Å². The number of hydrogen-bond donors (Lipinski definition) is 1. The summed E-state index contributed by atoms with van der Waals surface area (Å²) in [7, 11) is 3.97. The van der Waals surface area contributed by atoms with Gasteiger partial charge in [-0.05, 0) is 28.8 Å². The second kappa shape index (κ2) is 5.67. The van der Waals surface area contributed by atoms with Crippen molar-refractivity contribution in [3.05, 3.63) is 10.7 Å². The lowest BCUT2D eigenvalue weighted by molar-refractivity contribution is 0.425. The molecule has 1 aliphatic rings. The van der Waals surface area contributed by atoms with Crippen LogP contribution in [0, 0.1) is 0 Å². The van der Waals surface area contributed by atoms with Crippen LogP contribution in [0.25, 0.3) is 0 Å². The van der Waals surface area contributed by atoms with Crippen molar-refractivity contribution in [2.24, 2.45) is 0 Å². The Hall–Kier alpha value is -0.840. The van der Waals surface area contributed by atoms with E-state index in [2.05, 4.69) is 43.2 Å². The Labute approximate surface area is 111 Å². The Kier molecular flexibility index (Phi) is 4.20. The van der Waals surface area contributed by atoms with Gasteiger partial charge in [0.25, 0.3) is 0 Å². The Balaban J connectivity index is 2.19. The molecule has 4 nitrogen and oxygen atoms in total. The summed E-state index contributed by atoms with van der Waals surface area (Å²) in [6, 6.07) is 0.611. The summed E-state index contributed by atoms with van der Waals surface area (Å²) in [5.74, 6) is 1.65. The number of halogens is 1. The molecular weight excluding hydrogens is 280 g/mol. The van der Waals surface area contributed by atoms with E-state index >= 15 is 0 Å². The Morgan fingerprint density at radius 3 is 2.71 bits per heavy atom. The lowest BCUT2D eigenvalue weighted by Crippen LogP contribution is -2.34. The van der Waals surface area contributed by atoms with Crippen LogP contribution in [0.1, 0.15) is 32.1 Å². The molecule has 1 aromatic heterocycles. The van der Waals surface area contributed by atoms with Crippen LogP contribution in [-0.4, -0.2) is 30.1 Å². The van der Waals surface area contributed by atoms with E-state index in [1.807, 2.05) is 13.2 Å². The molecule has 2 rings (SSSR count). The molecule has 0 amide bonds. The normalized spacial score (nSPS) is 16.9. The fourth-order valence-electron chi connectivity index (χ4n) is 2.37. The molecule has 5 heteroatoms. The highest BCUT2D eigenvalue weighted by Gasteiger charge is 2.21. The highest BCUT2D eigenvalue weighted by molar-refractivity contribution is 9.10. The van der Waals surface area contributed by atoms with E-state index in [-0.39, 0.29) is 0 Å². The van der Waals surface area contributed by atoms with Gasteiger partial charge in [-0.15, -0.1) is 0 Å². The number of rotatable bonds is 3. The maximum Gasteiger partial charge on any atom is 0.224 e. The highest BCUT2D eigenvalue weighted by Crippen LogP contribution is 2.29. The van der Waals surface area contributed by atoms with Crippen molar-refractivity contribution in [2.45, 2.75) is 38.1 Å². The van der Waals surface area contributed by atoms with Crippen LogP contribution in [0.4, 0.5) is 11.8 Å². The zero-order valence-corrected chi connectivity index (χ0v) is 12.0. The number of nitrogens with zero attached hydrogens (tertiary/aromatic N) is 3. The summed E-state index contributed by atoms with van der Waals surface area (Å²) in [6.45, 7) is 0. The van der Waals surface area contributed by atoms with Crippen molar-refractivity contribution in [2.75, 3.05) is 24.3 Å². The quantitative estimate of drug-likeness (QED) is 0.931. The van der Waals surface area contributed by atoms with Crippen LogP contribution in [0.5, 0.6) is 0 Å². The van der Waals surface area contributed by atoms with Crippen molar-refractivity contribution >= 4 is 27.7 Å². The van der Waals surface area contributed by atoms with Crippen LogP contribution < -0.4 is 10.2 Å². The fraction of sp³-hybridized carbons (Fsp3) is 0.667. The zero-order valence-electron chi connectivity index (χ0n) is 10.4. The first-order chi connectivity index (χ1) is 8.22. The molecule has 0 saturated heterocycles. The molecule has 0 unspecified atom stereocenters. The van der Waals surface area contributed by atoms with Gasteiger partial charge in [-0.25, -0.2) is 4.98 Å². The molecular formula is C12H19BrN4. The van der Waals surface area contributed by atoms with Gasteiger partial charge in [-0.1, -0.05) is 19.3 Å². The lowest BCUT2D eigenvalue weighted by Gasteiger charge is -2.32. The third-order valence-electron chi connectivity index (χ3n) is 3.41. The molecule has 1 saturated carbocycles.